The molecule has 0 saturated carbocycles. The highest BCUT2D eigenvalue weighted by Crippen LogP contribution is 2.18. The van der Waals surface area contributed by atoms with Crippen LogP contribution in [0.1, 0.15) is 39.2 Å². The van der Waals surface area contributed by atoms with Gasteiger partial charge in [0.1, 0.15) is 5.75 Å². The lowest BCUT2D eigenvalue weighted by molar-refractivity contribution is 0.117. The molecule has 1 aromatic rings. The Bertz CT molecular complexity index is 344. The molecule has 0 aliphatic rings. The number of hydrogen-bond donors (Lipinski definition) is 2. The van der Waals surface area contributed by atoms with Crippen LogP contribution in [0.4, 0.5) is 0 Å². The summed E-state index contributed by atoms with van der Waals surface area (Å²) in [6, 6.07) is 7.74. The smallest absolute Gasteiger partial charge is 0.152 e. The minimum atomic E-state index is -0.680. The van der Waals surface area contributed by atoms with Crippen molar-refractivity contribution in [3.63, 3.8) is 0 Å². The number of aliphatic hydroxyl groups is 1. The van der Waals surface area contributed by atoms with Crippen molar-refractivity contribution in [2.45, 2.75) is 51.9 Å². The molecular weight excluding hydrogens is 214 g/mol. The molecule has 0 aliphatic heterocycles. The molecule has 0 fully saturated rings. The molecule has 0 aromatic heterocycles. The summed E-state index contributed by atoms with van der Waals surface area (Å²) < 4.78 is 5.58. The van der Waals surface area contributed by atoms with Crippen LogP contribution >= 0.6 is 0 Å². The minimum Gasteiger partial charge on any atom is -0.474 e. The summed E-state index contributed by atoms with van der Waals surface area (Å²) in [6.45, 7) is 5.69. The number of benzene rings is 1. The second-order valence-electron chi connectivity index (χ2n) is 5.00. The second-order valence-corrected chi connectivity index (χ2v) is 5.00. The molecule has 3 N–H and O–H groups in total. The summed E-state index contributed by atoms with van der Waals surface area (Å²) in [6.07, 6.45) is 2.21. The zero-order chi connectivity index (χ0) is 12.9. The Morgan fingerprint density at radius 2 is 2.12 bits per heavy atom. The molecule has 3 nitrogen and oxygen atoms in total. The van der Waals surface area contributed by atoms with E-state index in [4.69, 9.17) is 10.5 Å². The van der Waals surface area contributed by atoms with Crippen molar-refractivity contribution in [1.82, 2.24) is 0 Å². The number of ether oxygens (including phenoxy) is 1. The molecule has 0 heterocycles. The van der Waals surface area contributed by atoms with Crippen molar-refractivity contribution < 1.29 is 9.84 Å². The van der Waals surface area contributed by atoms with E-state index in [2.05, 4.69) is 6.92 Å². The Labute approximate surface area is 104 Å². The van der Waals surface area contributed by atoms with Crippen LogP contribution in [0.15, 0.2) is 24.3 Å². The monoisotopic (exact) mass is 237 g/mol. The third-order valence-electron chi connectivity index (χ3n) is 2.37. The molecular formula is C14H23NO2. The summed E-state index contributed by atoms with van der Waals surface area (Å²) in [5.41, 5.74) is 6.19. The van der Waals surface area contributed by atoms with Crippen LogP contribution in [0, 0.1) is 0 Å². The normalized spacial score (nSPS) is 13.5. The highest BCUT2D eigenvalue weighted by Gasteiger charge is 2.12. The average molecular weight is 237 g/mol. The van der Waals surface area contributed by atoms with Crippen molar-refractivity contribution in [3.05, 3.63) is 29.8 Å². The second kappa shape index (κ2) is 6.03. The standard InChI is InChI=1S/C14H23NO2/c1-4-6-12(16)9-11-7-5-8-13(10-11)17-14(2,3)15/h5,7-8,10,12,16H,4,6,9,15H2,1-3H3. The van der Waals surface area contributed by atoms with E-state index in [1.54, 1.807) is 0 Å². The van der Waals surface area contributed by atoms with Crippen LogP contribution in [0.2, 0.25) is 0 Å². The van der Waals surface area contributed by atoms with Gasteiger partial charge in [-0.1, -0.05) is 25.5 Å². The fraction of sp³-hybridized carbons (Fsp3) is 0.571. The van der Waals surface area contributed by atoms with Gasteiger partial charge >= 0.3 is 0 Å². The minimum absolute atomic E-state index is 0.277. The first kappa shape index (κ1) is 14.0. The summed E-state index contributed by atoms with van der Waals surface area (Å²) >= 11 is 0. The Kier molecular flexibility index (Phi) is 4.97. The molecule has 0 bridgehead atoms. The molecule has 0 amide bonds. The van der Waals surface area contributed by atoms with Crippen LogP contribution in [0.25, 0.3) is 0 Å². The summed E-state index contributed by atoms with van der Waals surface area (Å²) in [5.74, 6) is 0.749. The third kappa shape index (κ3) is 5.71. The van der Waals surface area contributed by atoms with E-state index in [0.29, 0.717) is 6.42 Å². The number of hydrogen-bond acceptors (Lipinski definition) is 3. The first-order valence-corrected chi connectivity index (χ1v) is 6.15. The van der Waals surface area contributed by atoms with Gasteiger partial charge in [-0.25, -0.2) is 0 Å². The fourth-order valence-electron chi connectivity index (χ4n) is 1.75. The van der Waals surface area contributed by atoms with Gasteiger partial charge in [0.2, 0.25) is 0 Å². The highest BCUT2D eigenvalue weighted by molar-refractivity contribution is 5.29. The maximum atomic E-state index is 9.76. The van der Waals surface area contributed by atoms with E-state index in [1.165, 1.54) is 0 Å². The van der Waals surface area contributed by atoms with E-state index >= 15 is 0 Å². The lowest BCUT2D eigenvalue weighted by Gasteiger charge is -2.21. The fourth-order valence-corrected chi connectivity index (χ4v) is 1.75. The Morgan fingerprint density at radius 1 is 1.41 bits per heavy atom. The lowest BCUT2D eigenvalue weighted by atomic mass is 10.0. The van der Waals surface area contributed by atoms with Gasteiger partial charge in [-0.05, 0) is 44.4 Å². The van der Waals surface area contributed by atoms with Crippen molar-refractivity contribution in [3.8, 4) is 5.75 Å². The predicted molar refractivity (Wildman–Crippen MR) is 70.0 cm³/mol. The quantitative estimate of drug-likeness (QED) is 0.747. The number of rotatable bonds is 6. The maximum Gasteiger partial charge on any atom is 0.152 e. The average Bonchev–Trinajstić information content (AvgIpc) is 2.15. The van der Waals surface area contributed by atoms with Crippen LogP contribution in [-0.4, -0.2) is 16.9 Å². The van der Waals surface area contributed by atoms with Crippen molar-refractivity contribution in [1.29, 1.82) is 0 Å². The zero-order valence-electron chi connectivity index (χ0n) is 10.9. The Balaban J connectivity index is 2.66. The number of aliphatic hydroxyl groups excluding tert-OH is 1. The predicted octanol–water partition coefficient (Wildman–Crippen LogP) is 2.46. The Morgan fingerprint density at radius 3 is 2.71 bits per heavy atom. The molecule has 17 heavy (non-hydrogen) atoms. The van der Waals surface area contributed by atoms with Gasteiger partial charge in [-0.2, -0.15) is 0 Å². The molecule has 3 heteroatoms. The summed E-state index contributed by atoms with van der Waals surface area (Å²) in [5, 5.41) is 9.76. The van der Waals surface area contributed by atoms with Crippen LogP contribution in [0.3, 0.4) is 0 Å². The van der Waals surface area contributed by atoms with Gasteiger partial charge in [-0.3, -0.25) is 5.73 Å². The molecule has 1 aromatic carbocycles. The van der Waals surface area contributed by atoms with Gasteiger partial charge < -0.3 is 9.84 Å². The van der Waals surface area contributed by atoms with Crippen LogP contribution in [-0.2, 0) is 6.42 Å². The number of nitrogens with two attached hydrogens (primary N) is 1. The molecule has 0 spiro atoms. The third-order valence-corrected chi connectivity index (χ3v) is 2.37. The van der Waals surface area contributed by atoms with E-state index in [1.807, 2.05) is 38.1 Å². The molecule has 96 valence electrons. The van der Waals surface area contributed by atoms with Crippen molar-refractivity contribution >= 4 is 0 Å². The summed E-state index contributed by atoms with van der Waals surface area (Å²) in [7, 11) is 0. The van der Waals surface area contributed by atoms with E-state index in [-0.39, 0.29) is 6.10 Å². The Hall–Kier alpha value is -1.06. The largest absolute Gasteiger partial charge is 0.474 e. The molecule has 1 atom stereocenters. The van der Waals surface area contributed by atoms with Crippen molar-refractivity contribution in [2.24, 2.45) is 5.73 Å². The first-order valence-electron chi connectivity index (χ1n) is 6.15. The van der Waals surface area contributed by atoms with Crippen LogP contribution in [0.5, 0.6) is 5.75 Å². The first-order chi connectivity index (χ1) is 7.90. The van der Waals surface area contributed by atoms with E-state index in [0.717, 1.165) is 24.2 Å². The summed E-state index contributed by atoms with van der Waals surface area (Å²) in [4.78, 5) is 0. The molecule has 0 aliphatic carbocycles. The molecule has 0 radical (unpaired) electrons. The van der Waals surface area contributed by atoms with Gasteiger partial charge in [-0.15, -0.1) is 0 Å². The molecule has 0 saturated heterocycles. The zero-order valence-corrected chi connectivity index (χ0v) is 10.9. The van der Waals surface area contributed by atoms with Gasteiger partial charge in [0.05, 0.1) is 6.10 Å². The lowest BCUT2D eigenvalue weighted by Crippen LogP contribution is -2.38. The molecule has 1 rings (SSSR count). The van der Waals surface area contributed by atoms with Gasteiger partial charge in [0.15, 0.2) is 5.72 Å². The van der Waals surface area contributed by atoms with Gasteiger partial charge in [0.25, 0.3) is 0 Å². The van der Waals surface area contributed by atoms with E-state index < -0.39 is 5.72 Å². The van der Waals surface area contributed by atoms with E-state index in [9.17, 15) is 5.11 Å². The molecule has 1 unspecified atom stereocenters. The van der Waals surface area contributed by atoms with Crippen LogP contribution < -0.4 is 10.5 Å². The topological polar surface area (TPSA) is 55.5 Å². The van der Waals surface area contributed by atoms with Crippen molar-refractivity contribution in [2.75, 3.05) is 0 Å². The maximum absolute atomic E-state index is 9.76. The highest BCUT2D eigenvalue weighted by atomic mass is 16.5. The van der Waals surface area contributed by atoms with Gasteiger partial charge in [0, 0.05) is 0 Å². The SMILES string of the molecule is CCCC(O)Cc1cccc(OC(C)(C)N)c1.